The quantitative estimate of drug-likeness (QED) is 0.358. The van der Waals surface area contributed by atoms with Crippen LogP contribution in [0.1, 0.15) is 46.0 Å². The molecule has 3 N–H and O–H groups in total. The van der Waals surface area contributed by atoms with Crippen molar-refractivity contribution in [2.24, 2.45) is 10.9 Å². The Kier molecular flexibility index (Phi) is 9.66. The van der Waals surface area contributed by atoms with Gasteiger partial charge in [0.05, 0.1) is 6.10 Å². The monoisotopic (exact) mass is 424 g/mol. The summed E-state index contributed by atoms with van der Waals surface area (Å²) in [5, 5.41) is 16.5. The van der Waals surface area contributed by atoms with Crippen LogP contribution in [0.25, 0.3) is 0 Å². The predicted molar refractivity (Wildman–Crippen MR) is 103 cm³/mol. The maximum absolute atomic E-state index is 9.58. The van der Waals surface area contributed by atoms with E-state index in [-0.39, 0.29) is 30.1 Å². The lowest BCUT2D eigenvalue weighted by Gasteiger charge is -2.27. The van der Waals surface area contributed by atoms with E-state index < -0.39 is 0 Å². The molecule has 0 radical (unpaired) electrons. The molecule has 1 saturated heterocycles. The molecule has 0 aromatic rings. The number of aliphatic imine (C=N–C) groups is 1. The molecule has 2 rings (SSSR count). The number of nitrogens with one attached hydrogen (secondary N) is 2. The first-order valence-corrected chi connectivity index (χ1v) is 8.66. The zero-order chi connectivity index (χ0) is 15.1. The Morgan fingerprint density at radius 3 is 2.50 bits per heavy atom. The van der Waals surface area contributed by atoms with Gasteiger partial charge in [0, 0.05) is 25.7 Å². The summed E-state index contributed by atoms with van der Waals surface area (Å²) >= 11 is 0. The van der Waals surface area contributed by atoms with Gasteiger partial charge in [0.2, 0.25) is 0 Å². The Labute approximate surface area is 152 Å². The van der Waals surface area contributed by atoms with Crippen LogP contribution in [0.15, 0.2) is 4.99 Å². The maximum atomic E-state index is 9.58. The molecule has 0 aromatic carbocycles. The topological polar surface area (TPSA) is 59.9 Å². The average Bonchev–Trinajstić information content (AvgIpc) is 2.95. The molecule has 1 saturated carbocycles. The van der Waals surface area contributed by atoms with Gasteiger partial charge < -0.3 is 20.6 Å². The fraction of sp³-hybridized carbons (Fsp3) is 0.938. The van der Waals surface area contributed by atoms with Gasteiger partial charge in [-0.05, 0) is 58.0 Å². The fourth-order valence-electron chi connectivity index (χ4n) is 3.30. The third-order valence-electron chi connectivity index (χ3n) is 4.71. The number of likely N-dealkylation sites (tertiary alicyclic amines) is 1. The molecule has 2 aliphatic rings. The Hall–Kier alpha value is -0.0800. The van der Waals surface area contributed by atoms with Crippen molar-refractivity contribution < 1.29 is 5.11 Å². The number of hydrogen-bond donors (Lipinski definition) is 3. The Balaban J connectivity index is 0.00000242. The number of guanidine groups is 1. The number of nitrogens with zero attached hydrogens (tertiary/aromatic N) is 2. The number of hydrogen-bond acceptors (Lipinski definition) is 3. The van der Waals surface area contributed by atoms with E-state index in [4.69, 9.17) is 4.99 Å². The van der Waals surface area contributed by atoms with Crippen molar-refractivity contribution in [1.82, 2.24) is 15.5 Å². The summed E-state index contributed by atoms with van der Waals surface area (Å²) in [6.45, 7) is 9.72. The van der Waals surface area contributed by atoms with Gasteiger partial charge in [-0.3, -0.25) is 4.99 Å². The van der Waals surface area contributed by atoms with Crippen LogP contribution in [-0.4, -0.2) is 60.8 Å². The highest BCUT2D eigenvalue weighted by molar-refractivity contribution is 14.0. The van der Waals surface area contributed by atoms with E-state index in [0.717, 1.165) is 51.3 Å². The maximum Gasteiger partial charge on any atom is 0.191 e. The van der Waals surface area contributed by atoms with E-state index in [1.807, 2.05) is 0 Å². The highest BCUT2D eigenvalue weighted by atomic mass is 127. The zero-order valence-electron chi connectivity index (χ0n) is 14.1. The number of halogens is 1. The molecule has 6 heteroatoms. The summed E-state index contributed by atoms with van der Waals surface area (Å²) in [5.74, 6) is 1.66. The van der Waals surface area contributed by atoms with Crippen LogP contribution in [0.3, 0.4) is 0 Å². The first-order valence-electron chi connectivity index (χ1n) is 8.66. The standard InChI is InChI=1S/C16H32N4O.HI/c1-3-17-16(19-14-5-7-15(21)8-6-14)18-11-13-9-10-20(4-2)12-13;/h13-15,21H,3-12H2,1-2H3,(H2,17,18,19);1H. The molecule has 1 aliphatic carbocycles. The number of aliphatic hydroxyl groups excluding tert-OH is 1. The van der Waals surface area contributed by atoms with Gasteiger partial charge in [-0.25, -0.2) is 0 Å². The second-order valence-corrected chi connectivity index (χ2v) is 6.42. The minimum atomic E-state index is -0.0962. The van der Waals surface area contributed by atoms with Crippen LogP contribution >= 0.6 is 24.0 Å². The van der Waals surface area contributed by atoms with E-state index in [1.54, 1.807) is 0 Å². The van der Waals surface area contributed by atoms with Crippen molar-refractivity contribution in [3.8, 4) is 0 Å². The van der Waals surface area contributed by atoms with Crippen LogP contribution in [-0.2, 0) is 0 Å². The molecule has 22 heavy (non-hydrogen) atoms. The number of rotatable bonds is 5. The van der Waals surface area contributed by atoms with Crippen molar-refractivity contribution in [1.29, 1.82) is 0 Å². The van der Waals surface area contributed by atoms with Crippen LogP contribution < -0.4 is 10.6 Å². The van der Waals surface area contributed by atoms with Crippen molar-refractivity contribution in [2.45, 2.75) is 58.1 Å². The van der Waals surface area contributed by atoms with E-state index in [1.165, 1.54) is 19.5 Å². The number of aliphatic hydroxyl groups is 1. The molecule has 1 aliphatic heterocycles. The first kappa shape index (κ1) is 20.0. The molecular weight excluding hydrogens is 391 g/mol. The largest absolute Gasteiger partial charge is 0.393 e. The Morgan fingerprint density at radius 1 is 1.18 bits per heavy atom. The third kappa shape index (κ3) is 6.58. The first-order chi connectivity index (χ1) is 10.2. The van der Waals surface area contributed by atoms with Crippen LogP contribution in [0.4, 0.5) is 0 Å². The van der Waals surface area contributed by atoms with E-state index in [9.17, 15) is 5.11 Å². The summed E-state index contributed by atoms with van der Waals surface area (Å²) in [6, 6.07) is 0.460. The lowest BCUT2D eigenvalue weighted by atomic mass is 9.93. The zero-order valence-corrected chi connectivity index (χ0v) is 16.4. The van der Waals surface area contributed by atoms with Gasteiger partial charge in [0.25, 0.3) is 0 Å². The molecule has 0 aromatic heterocycles. The lowest BCUT2D eigenvalue weighted by molar-refractivity contribution is 0.120. The van der Waals surface area contributed by atoms with E-state index >= 15 is 0 Å². The average molecular weight is 424 g/mol. The Bertz CT molecular complexity index is 332. The molecule has 1 unspecified atom stereocenters. The minimum Gasteiger partial charge on any atom is -0.393 e. The lowest BCUT2D eigenvalue weighted by Crippen LogP contribution is -2.45. The SMILES string of the molecule is CCNC(=NCC1CCN(CC)C1)NC1CCC(O)CC1.I. The van der Waals surface area contributed by atoms with Gasteiger partial charge >= 0.3 is 0 Å². The van der Waals surface area contributed by atoms with Crippen LogP contribution in [0.5, 0.6) is 0 Å². The van der Waals surface area contributed by atoms with Gasteiger partial charge in [0.15, 0.2) is 5.96 Å². The molecule has 1 heterocycles. The molecular formula is C16H33IN4O. The second kappa shape index (κ2) is 10.6. The van der Waals surface area contributed by atoms with E-state index in [0.29, 0.717) is 12.0 Å². The fourth-order valence-corrected chi connectivity index (χ4v) is 3.30. The summed E-state index contributed by atoms with van der Waals surface area (Å²) in [6.07, 6.45) is 5.07. The summed E-state index contributed by atoms with van der Waals surface area (Å²) in [5.41, 5.74) is 0. The van der Waals surface area contributed by atoms with Crippen molar-refractivity contribution in [3.05, 3.63) is 0 Å². The van der Waals surface area contributed by atoms with Crippen molar-refractivity contribution in [3.63, 3.8) is 0 Å². The van der Waals surface area contributed by atoms with Crippen LogP contribution in [0.2, 0.25) is 0 Å². The van der Waals surface area contributed by atoms with Gasteiger partial charge in [-0.15, -0.1) is 24.0 Å². The highest BCUT2D eigenvalue weighted by Crippen LogP contribution is 2.18. The minimum absolute atomic E-state index is 0. The van der Waals surface area contributed by atoms with E-state index in [2.05, 4.69) is 29.4 Å². The van der Waals surface area contributed by atoms with Crippen molar-refractivity contribution in [2.75, 3.05) is 32.7 Å². The van der Waals surface area contributed by atoms with Crippen molar-refractivity contribution >= 4 is 29.9 Å². The molecule has 5 nitrogen and oxygen atoms in total. The second-order valence-electron chi connectivity index (χ2n) is 6.42. The summed E-state index contributed by atoms with van der Waals surface area (Å²) < 4.78 is 0. The molecule has 2 fully saturated rings. The predicted octanol–water partition coefficient (Wildman–Crippen LogP) is 1.80. The molecule has 0 amide bonds. The van der Waals surface area contributed by atoms with Crippen LogP contribution in [0, 0.1) is 5.92 Å². The van der Waals surface area contributed by atoms with Gasteiger partial charge in [-0.1, -0.05) is 6.92 Å². The molecule has 0 spiro atoms. The van der Waals surface area contributed by atoms with Gasteiger partial charge in [0.1, 0.15) is 0 Å². The van der Waals surface area contributed by atoms with Gasteiger partial charge in [-0.2, -0.15) is 0 Å². The smallest absolute Gasteiger partial charge is 0.191 e. The molecule has 130 valence electrons. The Morgan fingerprint density at radius 2 is 1.91 bits per heavy atom. The third-order valence-corrected chi connectivity index (χ3v) is 4.71. The molecule has 1 atom stereocenters. The molecule has 0 bridgehead atoms. The highest BCUT2D eigenvalue weighted by Gasteiger charge is 2.22. The normalized spacial score (nSPS) is 30.0. The summed E-state index contributed by atoms with van der Waals surface area (Å²) in [7, 11) is 0. The summed E-state index contributed by atoms with van der Waals surface area (Å²) in [4.78, 5) is 7.29.